The predicted octanol–water partition coefficient (Wildman–Crippen LogP) is 14.2. The second kappa shape index (κ2) is 25.0. The molecule has 1 heterocycles. The number of carbonyl (C=O) groups is 1. The number of hydrogen-bond acceptors (Lipinski definition) is 21. The highest BCUT2D eigenvalue weighted by molar-refractivity contribution is 7.94. The molecule has 25 heteroatoms. The number of nitrogens with zero attached hydrogens (tertiary/aromatic N) is 6. The molecule has 1 fully saturated rings. The molecule has 1 aliphatic heterocycles. The topological polar surface area (TPSA) is 344 Å². The van der Waals surface area contributed by atoms with Gasteiger partial charge in [0.2, 0.25) is 0 Å². The number of nitrogen functional groups attached to an aromatic ring is 2. The summed E-state index contributed by atoms with van der Waals surface area (Å²) in [4.78, 5) is 11.5. The number of aromatic hydroxyl groups is 1. The lowest BCUT2D eigenvalue weighted by atomic mass is 9.68. The minimum atomic E-state index is -5.02. The fourth-order valence-corrected chi connectivity index (χ4v) is 11.7. The lowest BCUT2D eigenvalue weighted by Crippen LogP contribution is -2.61. The van der Waals surface area contributed by atoms with Gasteiger partial charge in [0, 0.05) is 29.3 Å². The summed E-state index contributed by atoms with van der Waals surface area (Å²) in [5.74, 6) is -0.246. The number of phenols is 1. The number of phenolic OH excluding ortho intramolecular Hbond substituents is 1. The number of fused-ring (bicyclic) bond motifs is 1. The largest absolute Gasteiger partial charge is 0.505 e. The summed E-state index contributed by atoms with van der Waals surface area (Å²) in [5.41, 5.74) is 12.9. The zero-order valence-corrected chi connectivity index (χ0v) is 45.0. The average Bonchev–Trinajstić information content (AvgIpc) is 3.38. The maximum Gasteiger partial charge on any atom is 0.311 e. The number of azo groups is 3. The number of rotatable bonds is 23. The van der Waals surface area contributed by atoms with Crippen molar-refractivity contribution in [2.24, 2.45) is 36.6 Å². The molecule has 77 heavy (non-hydrogen) atoms. The van der Waals surface area contributed by atoms with Gasteiger partial charge in [0.05, 0.1) is 56.4 Å². The summed E-state index contributed by atoms with van der Waals surface area (Å²) in [7, 11) is -9.95. The zero-order chi connectivity index (χ0) is 55.5. The van der Waals surface area contributed by atoms with Gasteiger partial charge in [0.25, 0.3) is 20.2 Å². The highest BCUT2D eigenvalue weighted by Gasteiger charge is 2.43. The normalized spacial score (nSPS) is 18.2. The molecular weight excluding hydrogens is 1050 g/mol. The van der Waals surface area contributed by atoms with Crippen LogP contribution < -0.4 is 26.8 Å². The molecule has 0 radical (unpaired) electrons. The van der Waals surface area contributed by atoms with E-state index in [0.29, 0.717) is 41.4 Å². The molecule has 0 spiro atoms. The first-order chi connectivity index (χ1) is 36.7. The highest BCUT2D eigenvalue weighted by atomic mass is 32.2. The van der Waals surface area contributed by atoms with Gasteiger partial charge in [0.15, 0.2) is 5.75 Å². The van der Waals surface area contributed by atoms with Crippen molar-refractivity contribution in [3.63, 3.8) is 0 Å². The van der Waals surface area contributed by atoms with Crippen LogP contribution in [-0.4, -0.2) is 53.4 Å². The molecule has 6 aromatic rings. The van der Waals surface area contributed by atoms with E-state index in [1.807, 2.05) is 0 Å². The predicted molar refractivity (Wildman–Crippen MR) is 293 cm³/mol. The quantitative estimate of drug-likeness (QED) is 0.00432. The summed E-state index contributed by atoms with van der Waals surface area (Å²) in [6.45, 7) is 9.04. The van der Waals surface area contributed by atoms with Crippen molar-refractivity contribution in [1.29, 1.82) is 0 Å². The molecule has 1 saturated heterocycles. The first-order valence-corrected chi connectivity index (χ1v) is 28.2. The van der Waals surface area contributed by atoms with Crippen molar-refractivity contribution in [2.75, 3.05) is 16.8 Å². The summed E-state index contributed by atoms with van der Waals surface area (Å²) in [5, 5.41) is 55.5. The van der Waals surface area contributed by atoms with Gasteiger partial charge in [-0.15, -0.1) is 19.7 Å². The van der Waals surface area contributed by atoms with Crippen LogP contribution in [0.25, 0.3) is 10.8 Å². The summed E-state index contributed by atoms with van der Waals surface area (Å²) in [6.07, 6.45) is 9.75. The lowest BCUT2D eigenvalue weighted by Gasteiger charge is -2.51. The van der Waals surface area contributed by atoms with Crippen molar-refractivity contribution < 1.29 is 55.2 Å². The molecular formula is C52H60N10O12S3. The van der Waals surface area contributed by atoms with E-state index in [-0.39, 0.29) is 79.0 Å². The van der Waals surface area contributed by atoms with Crippen molar-refractivity contribution in [3.05, 3.63) is 103 Å². The average molecular weight is 1110 g/mol. The third-order valence-electron chi connectivity index (χ3n) is 13.1. The monoisotopic (exact) mass is 1110 g/mol. The van der Waals surface area contributed by atoms with E-state index in [1.165, 1.54) is 37.1 Å². The van der Waals surface area contributed by atoms with E-state index in [2.05, 4.69) is 78.4 Å². The summed E-state index contributed by atoms with van der Waals surface area (Å²) < 4.78 is 81.2. The van der Waals surface area contributed by atoms with Crippen LogP contribution in [0.3, 0.4) is 0 Å². The van der Waals surface area contributed by atoms with Crippen LogP contribution in [0.15, 0.2) is 149 Å². The molecule has 408 valence electrons. The third-order valence-corrected chi connectivity index (χ3v) is 15.5. The SMILES string of the molecule is CCCC1CC(C)(CCCC(=O)Oc2ccc(N=Nc3cccc(Nc4ccc(N=Nc5c(SOOO)cc6cc(S(=O)(=O)O)c(N=Nc7ccccc7)c(O)c6c5N)cc4S(=O)(=O)O)c3)c(N)c2)NC(CC)(CCC)C1. The second-order valence-corrected chi connectivity index (χ2v) is 22.5. The smallest absolute Gasteiger partial charge is 0.311 e. The fraction of sp³-hybridized carbons (Fsp3) is 0.327. The van der Waals surface area contributed by atoms with E-state index in [9.17, 15) is 35.8 Å². The Morgan fingerprint density at radius 3 is 2.17 bits per heavy atom. The number of piperidine rings is 1. The number of ether oxygens (including phenoxy) is 1. The van der Waals surface area contributed by atoms with Crippen LogP contribution in [0.4, 0.5) is 56.9 Å². The standard InChI is InChI=1S/C52H60N10O12S3/c1-5-13-32-30-51(4,62-52(7-3,31-32)23-6-2)24-12-18-45(63)72-38-20-22-40(39(53)29-38)59-57-36-17-11-16-35(27-36)55-41-21-19-37(28-43(41)76(66,67)68)58-60-48-42(75-74-73-65)25-33-26-44(77(69,70)71)49(50(64)46(33)47(48)54)61-56-34-14-9-8-10-15-34/h8-11,14-17,19-22,25-29,32,55,62,64-65H,5-7,12-13,18,23-24,30-31,53-54H2,1-4H3,(H,66,67,68)(H,69,70,71). The Balaban J connectivity index is 1.05. The van der Waals surface area contributed by atoms with E-state index in [1.54, 1.807) is 66.7 Å². The first-order valence-electron chi connectivity index (χ1n) is 24.6. The van der Waals surface area contributed by atoms with Gasteiger partial charge in [-0.25, -0.2) is 5.26 Å². The van der Waals surface area contributed by atoms with Crippen molar-refractivity contribution in [1.82, 2.24) is 5.32 Å². The number of hydrogen-bond donors (Lipinski definition) is 8. The summed E-state index contributed by atoms with van der Waals surface area (Å²) >= 11 is 0.341. The van der Waals surface area contributed by atoms with Crippen molar-refractivity contribution in [3.8, 4) is 11.5 Å². The molecule has 0 saturated carbocycles. The van der Waals surface area contributed by atoms with Crippen LogP contribution in [-0.2, 0) is 34.4 Å². The molecule has 0 amide bonds. The Kier molecular flexibility index (Phi) is 18.8. The maximum absolute atomic E-state index is 13.0. The summed E-state index contributed by atoms with van der Waals surface area (Å²) in [6, 6.07) is 25.0. The molecule has 0 bridgehead atoms. The van der Waals surface area contributed by atoms with E-state index in [0.717, 1.165) is 50.7 Å². The number of nitrogens with one attached hydrogen (secondary N) is 2. The van der Waals surface area contributed by atoms with E-state index < -0.39 is 41.5 Å². The Labute approximate surface area is 450 Å². The second-order valence-electron chi connectivity index (χ2n) is 19.0. The van der Waals surface area contributed by atoms with Crippen molar-refractivity contribution in [2.45, 2.75) is 118 Å². The zero-order valence-electron chi connectivity index (χ0n) is 42.6. The minimum Gasteiger partial charge on any atom is -0.505 e. The Bertz CT molecular complexity index is 3440. The Morgan fingerprint density at radius 1 is 0.779 bits per heavy atom. The lowest BCUT2D eigenvalue weighted by molar-refractivity contribution is -0.432. The molecule has 3 atom stereocenters. The molecule has 0 aromatic heterocycles. The number of anilines is 4. The van der Waals surface area contributed by atoms with Crippen molar-refractivity contribution >= 4 is 106 Å². The van der Waals surface area contributed by atoms with Gasteiger partial charge in [-0.1, -0.05) is 69.3 Å². The number of esters is 1. The fourth-order valence-electron chi connectivity index (χ4n) is 9.86. The van der Waals surface area contributed by atoms with Gasteiger partial charge in [-0.3, -0.25) is 13.9 Å². The van der Waals surface area contributed by atoms with Gasteiger partial charge >= 0.3 is 5.97 Å². The van der Waals surface area contributed by atoms with Gasteiger partial charge in [-0.05, 0) is 130 Å². The number of carbonyl (C=O) groups excluding carboxylic acids is 1. The maximum atomic E-state index is 13.0. The molecule has 7 rings (SSSR count). The third kappa shape index (κ3) is 14.8. The van der Waals surface area contributed by atoms with Gasteiger partial charge in [0.1, 0.15) is 32.6 Å². The van der Waals surface area contributed by atoms with Crippen LogP contribution in [0.5, 0.6) is 11.5 Å². The van der Waals surface area contributed by atoms with Crippen LogP contribution in [0.2, 0.25) is 0 Å². The van der Waals surface area contributed by atoms with Crippen LogP contribution >= 0.6 is 12.0 Å². The van der Waals surface area contributed by atoms with Gasteiger partial charge < -0.3 is 31.9 Å². The molecule has 22 nitrogen and oxygen atoms in total. The molecule has 6 aromatic carbocycles. The number of nitrogens with two attached hydrogens (primary N) is 2. The van der Waals surface area contributed by atoms with Crippen LogP contribution in [0, 0.1) is 5.92 Å². The molecule has 10 N–H and O–H groups in total. The van der Waals surface area contributed by atoms with Crippen LogP contribution in [0.1, 0.15) is 91.9 Å². The van der Waals surface area contributed by atoms with E-state index in [4.69, 9.17) is 21.5 Å². The van der Waals surface area contributed by atoms with E-state index >= 15 is 0 Å². The molecule has 0 aliphatic carbocycles. The molecule has 3 unspecified atom stereocenters. The Morgan fingerprint density at radius 2 is 1.48 bits per heavy atom. The highest BCUT2D eigenvalue weighted by Crippen LogP contribution is 2.50. The number of benzene rings is 6. The van der Waals surface area contributed by atoms with Gasteiger partial charge in [-0.2, -0.15) is 32.2 Å². The molecule has 1 aliphatic rings. The first kappa shape index (κ1) is 57.8. The minimum absolute atomic E-state index is 0.0639. The Hall–Kier alpha value is -6.94.